The average molecular weight is 296 g/mol. The summed E-state index contributed by atoms with van der Waals surface area (Å²) in [5.41, 5.74) is 0.393. The lowest BCUT2D eigenvalue weighted by molar-refractivity contribution is -0.142. The number of amides is 2. The van der Waals surface area contributed by atoms with Gasteiger partial charge in [-0.2, -0.15) is 0 Å². The summed E-state index contributed by atoms with van der Waals surface area (Å²) in [4.78, 5) is 24.6. The maximum atomic E-state index is 13.3. The fourth-order valence-corrected chi connectivity index (χ4v) is 2.39. The Bertz CT molecular complexity index is 564. The molecule has 0 spiro atoms. The molecule has 1 aliphatic rings. The average Bonchev–Trinajstić information content (AvgIpc) is 2.83. The predicted octanol–water partition coefficient (Wildman–Crippen LogP) is 2.02. The van der Waals surface area contributed by atoms with Crippen molar-refractivity contribution in [1.82, 2.24) is 4.90 Å². The molecule has 1 fully saturated rings. The number of carboxylic acids is 1. The Morgan fingerprint density at radius 3 is 2.71 bits per heavy atom. The first-order chi connectivity index (χ1) is 9.92. The fraction of sp³-hybridized carbons (Fsp3) is 0.429. The van der Waals surface area contributed by atoms with Gasteiger partial charge in [-0.1, -0.05) is 6.92 Å². The molecule has 21 heavy (non-hydrogen) atoms. The maximum absolute atomic E-state index is 13.3. The molecular formula is C14H17FN2O4. The number of halogens is 1. The lowest BCUT2D eigenvalue weighted by Gasteiger charge is -2.17. The molecule has 0 saturated carbocycles. The van der Waals surface area contributed by atoms with Crippen LogP contribution in [-0.2, 0) is 4.79 Å². The number of nitrogens with zero attached hydrogens (tertiary/aromatic N) is 1. The van der Waals surface area contributed by atoms with Crippen LogP contribution in [0, 0.1) is 17.7 Å². The van der Waals surface area contributed by atoms with Crippen LogP contribution in [0.4, 0.5) is 14.9 Å². The van der Waals surface area contributed by atoms with Crippen LogP contribution in [0.5, 0.6) is 5.75 Å². The Morgan fingerprint density at radius 1 is 1.43 bits per heavy atom. The number of rotatable bonds is 3. The van der Waals surface area contributed by atoms with Crippen LogP contribution < -0.4 is 10.1 Å². The molecule has 0 radical (unpaired) electrons. The van der Waals surface area contributed by atoms with Gasteiger partial charge in [-0.15, -0.1) is 0 Å². The van der Waals surface area contributed by atoms with Gasteiger partial charge in [0.15, 0.2) is 11.6 Å². The van der Waals surface area contributed by atoms with Crippen LogP contribution in [0.2, 0.25) is 0 Å². The number of likely N-dealkylation sites (tertiary alicyclic amines) is 1. The molecule has 1 saturated heterocycles. The molecule has 6 nitrogen and oxygen atoms in total. The molecule has 2 unspecified atom stereocenters. The largest absolute Gasteiger partial charge is 0.494 e. The third-order valence-electron chi connectivity index (χ3n) is 3.62. The number of carboxylic acid groups (broad SMARTS) is 1. The van der Waals surface area contributed by atoms with E-state index >= 15 is 0 Å². The monoisotopic (exact) mass is 296 g/mol. The lowest BCUT2D eigenvalue weighted by Crippen LogP contribution is -2.33. The van der Waals surface area contributed by atoms with Gasteiger partial charge in [-0.3, -0.25) is 4.79 Å². The number of hydrogen-bond donors (Lipinski definition) is 2. The number of aliphatic carboxylic acids is 1. The van der Waals surface area contributed by atoms with E-state index < -0.39 is 23.7 Å². The van der Waals surface area contributed by atoms with E-state index in [0.29, 0.717) is 12.2 Å². The van der Waals surface area contributed by atoms with Crippen molar-refractivity contribution < 1.29 is 23.8 Å². The van der Waals surface area contributed by atoms with Crippen molar-refractivity contribution in [1.29, 1.82) is 0 Å². The third-order valence-corrected chi connectivity index (χ3v) is 3.62. The minimum absolute atomic E-state index is 0.0333. The molecule has 7 heteroatoms. The summed E-state index contributed by atoms with van der Waals surface area (Å²) >= 11 is 0. The highest BCUT2D eigenvalue weighted by Gasteiger charge is 2.36. The molecule has 0 aromatic heterocycles. The Morgan fingerprint density at radius 2 is 2.14 bits per heavy atom. The summed E-state index contributed by atoms with van der Waals surface area (Å²) in [6.45, 7) is 2.34. The summed E-state index contributed by atoms with van der Waals surface area (Å²) in [6.07, 6.45) is 0. The fourth-order valence-electron chi connectivity index (χ4n) is 2.39. The Balaban J connectivity index is 2.04. The van der Waals surface area contributed by atoms with Crippen LogP contribution in [0.25, 0.3) is 0 Å². The molecule has 2 rings (SSSR count). The van der Waals surface area contributed by atoms with Gasteiger partial charge in [0.2, 0.25) is 0 Å². The van der Waals surface area contributed by atoms with E-state index in [-0.39, 0.29) is 18.2 Å². The number of urea groups is 1. The number of carbonyl (C=O) groups is 2. The molecular weight excluding hydrogens is 279 g/mol. The summed E-state index contributed by atoms with van der Waals surface area (Å²) < 4.78 is 18.1. The Hall–Kier alpha value is -2.31. The topological polar surface area (TPSA) is 78.9 Å². The first-order valence-electron chi connectivity index (χ1n) is 6.54. The number of ether oxygens (including phenoxy) is 1. The standard InChI is InChI=1S/C14H17FN2O4/c1-8-6-17(7-10(8)13(18)19)14(20)16-9-3-4-11(15)12(5-9)21-2/h3-5,8,10H,6-7H2,1-2H3,(H,16,20)(H,18,19). The van der Waals surface area contributed by atoms with Gasteiger partial charge in [-0.05, 0) is 18.1 Å². The number of carbonyl (C=O) groups excluding carboxylic acids is 1. The van der Waals surface area contributed by atoms with E-state index in [1.807, 2.05) is 0 Å². The van der Waals surface area contributed by atoms with Gasteiger partial charge < -0.3 is 20.1 Å². The zero-order valence-corrected chi connectivity index (χ0v) is 11.8. The number of hydrogen-bond acceptors (Lipinski definition) is 3. The van der Waals surface area contributed by atoms with Crippen LogP contribution in [0.1, 0.15) is 6.92 Å². The number of anilines is 1. The van der Waals surface area contributed by atoms with Crippen LogP contribution in [0.15, 0.2) is 18.2 Å². The molecule has 2 amide bonds. The van der Waals surface area contributed by atoms with Crippen molar-refractivity contribution in [3.8, 4) is 5.75 Å². The minimum Gasteiger partial charge on any atom is -0.494 e. The molecule has 1 aliphatic heterocycles. The number of nitrogens with one attached hydrogen (secondary N) is 1. The summed E-state index contributed by atoms with van der Waals surface area (Å²) in [6, 6.07) is 3.59. The van der Waals surface area contributed by atoms with Gasteiger partial charge >= 0.3 is 12.0 Å². The SMILES string of the molecule is COc1cc(NC(=O)N2CC(C)C(C(=O)O)C2)ccc1F. The van der Waals surface area contributed by atoms with Gasteiger partial charge in [0.25, 0.3) is 0 Å². The molecule has 2 N–H and O–H groups in total. The summed E-state index contributed by atoms with van der Waals surface area (Å²) in [5.74, 6) is -2.04. The van der Waals surface area contributed by atoms with E-state index in [1.54, 1.807) is 6.92 Å². The summed E-state index contributed by atoms with van der Waals surface area (Å²) in [5, 5.41) is 11.7. The van der Waals surface area contributed by atoms with Crippen molar-refractivity contribution >= 4 is 17.7 Å². The zero-order chi connectivity index (χ0) is 15.6. The van der Waals surface area contributed by atoms with Gasteiger partial charge in [0.05, 0.1) is 13.0 Å². The molecule has 1 aromatic rings. The second kappa shape index (κ2) is 5.99. The normalized spacial score (nSPS) is 21.2. The van der Waals surface area contributed by atoms with Crippen LogP contribution in [0.3, 0.4) is 0 Å². The molecule has 0 bridgehead atoms. The highest BCUT2D eigenvalue weighted by Crippen LogP contribution is 2.25. The smallest absolute Gasteiger partial charge is 0.321 e. The highest BCUT2D eigenvalue weighted by atomic mass is 19.1. The Labute approximate surface area is 121 Å². The second-order valence-electron chi connectivity index (χ2n) is 5.11. The van der Waals surface area contributed by atoms with Crippen molar-refractivity contribution in [2.75, 3.05) is 25.5 Å². The van der Waals surface area contributed by atoms with E-state index in [1.165, 1.54) is 30.2 Å². The van der Waals surface area contributed by atoms with E-state index in [2.05, 4.69) is 5.32 Å². The molecule has 1 aromatic carbocycles. The second-order valence-corrected chi connectivity index (χ2v) is 5.11. The van der Waals surface area contributed by atoms with Gasteiger partial charge in [-0.25, -0.2) is 9.18 Å². The minimum atomic E-state index is -0.902. The first-order valence-corrected chi connectivity index (χ1v) is 6.54. The van der Waals surface area contributed by atoms with Crippen molar-refractivity contribution in [3.05, 3.63) is 24.0 Å². The predicted molar refractivity (Wildman–Crippen MR) is 73.8 cm³/mol. The van der Waals surface area contributed by atoms with Crippen molar-refractivity contribution in [2.45, 2.75) is 6.92 Å². The quantitative estimate of drug-likeness (QED) is 0.894. The number of methoxy groups -OCH3 is 1. The molecule has 2 atom stereocenters. The third kappa shape index (κ3) is 3.24. The van der Waals surface area contributed by atoms with Gasteiger partial charge in [0.1, 0.15) is 0 Å². The highest BCUT2D eigenvalue weighted by molar-refractivity contribution is 5.90. The summed E-state index contributed by atoms with van der Waals surface area (Å²) in [7, 11) is 1.34. The van der Waals surface area contributed by atoms with Crippen LogP contribution in [-0.4, -0.2) is 42.2 Å². The molecule has 0 aliphatic carbocycles. The van der Waals surface area contributed by atoms with Crippen molar-refractivity contribution in [2.24, 2.45) is 11.8 Å². The van der Waals surface area contributed by atoms with E-state index in [9.17, 15) is 14.0 Å². The molecule has 114 valence electrons. The van der Waals surface area contributed by atoms with E-state index in [4.69, 9.17) is 9.84 Å². The Kier molecular flexibility index (Phi) is 4.30. The van der Waals surface area contributed by atoms with E-state index in [0.717, 1.165) is 0 Å². The lowest BCUT2D eigenvalue weighted by atomic mass is 9.99. The van der Waals surface area contributed by atoms with Gasteiger partial charge in [0, 0.05) is 24.8 Å². The van der Waals surface area contributed by atoms with Crippen molar-refractivity contribution in [3.63, 3.8) is 0 Å². The van der Waals surface area contributed by atoms with Crippen LogP contribution >= 0.6 is 0 Å². The molecule has 1 heterocycles. The number of benzene rings is 1. The zero-order valence-electron chi connectivity index (χ0n) is 11.8. The maximum Gasteiger partial charge on any atom is 0.321 e. The first kappa shape index (κ1) is 15.1.